The fourth-order valence-electron chi connectivity index (χ4n) is 2.85. The van der Waals surface area contributed by atoms with Crippen molar-refractivity contribution < 1.29 is 17.9 Å². The second-order valence-electron chi connectivity index (χ2n) is 6.34. The maximum atomic E-state index is 12.2. The number of hydrogen-bond donors (Lipinski definition) is 1. The molecule has 1 aliphatic rings. The van der Waals surface area contributed by atoms with Gasteiger partial charge in [-0.15, -0.1) is 0 Å². The highest BCUT2D eigenvalue weighted by molar-refractivity contribution is 7.92. The third kappa shape index (κ3) is 4.70. The zero-order valence-corrected chi connectivity index (χ0v) is 15.3. The first kappa shape index (κ1) is 18.7. The number of para-hydroxylation sites is 1. The summed E-state index contributed by atoms with van der Waals surface area (Å²) in [6, 6.07) is 7.46. The van der Waals surface area contributed by atoms with Crippen molar-refractivity contribution >= 4 is 21.6 Å². The van der Waals surface area contributed by atoms with E-state index >= 15 is 0 Å². The smallest absolute Gasteiger partial charge is 0.249 e. The summed E-state index contributed by atoms with van der Waals surface area (Å²) in [4.78, 5) is 12.0. The molecule has 1 aromatic carbocycles. The quantitative estimate of drug-likeness (QED) is 0.811. The first-order chi connectivity index (χ1) is 11.3. The van der Waals surface area contributed by atoms with Gasteiger partial charge in [0.1, 0.15) is 6.10 Å². The fourth-order valence-corrected chi connectivity index (χ4v) is 3.79. The predicted octanol–water partition coefficient (Wildman–Crippen LogP) is 1.87. The summed E-state index contributed by atoms with van der Waals surface area (Å²) in [6.45, 7) is 5.10. The van der Waals surface area contributed by atoms with E-state index in [0.717, 1.165) is 18.4 Å². The molecule has 1 atom stereocenters. The molecule has 0 aliphatic carbocycles. The minimum absolute atomic E-state index is 0.168. The lowest BCUT2D eigenvalue weighted by atomic mass is 10.0. The summed E-state index contributed by atoms with van der Waals surface area (Å²) in [7, 11) is -3.44. The first-order valence-corrected chi connectivity index (χ1v) is 10.1. The number of amides is 1. The van der Waals surface area contributed by atoms with Crippen molar-refractivity contribution in [2.45, 2.75) is 38.7 Å². The lowest BCUT2D eigenvalue weighted by Crippen LogP contribution is -2.41. The molecule has 1 fully saturated rings. The van der Waals surface area contributed by atoms with Gasteiger partial charge in [0, 0.05) is 13.2 Å². The average molecular weight is 354 g/mol. The van der Waals surface area contributed by atoms with Crippen molar-refractivity contribution in [2.24, 2.45) is 0 Å². The van der Waals surface area contributed by atoms with Crippen molar-refractivity contribution in [2.75, 3.05) is 30.3 Å². The molecular weight excluding hydrogens is 328 g/mol. The molecule has 1 aliphatic heterocycles. The van der Waals surface area contributed by atoms with Crippen LogP contribution >= 0.6 is 0 Å². The Morgan fingerprint density at radius 1 is 1.38 bits per heavy atom. The third-order valence-electron chi connectivity index (χ3n) is 4.06. The van der Waals surface area contributed by atoms with Crippen molar-refractivity contribution in [3.63, 3.8) is 0 Å². The van der Waals surface area contributed by atoms with Crippen molar-refractivity contribution in [3.8, 4) is 0 Å². The zero-order chi connectivity index (χ0) is 17.7. The largest absolute Gasteiger partial charge is 0.368 e. The number of benzene rings is 1. The number of nitrogens with one attached hydrogen (secondary N) is 1. The van der Waals surface area contributed by atoms with Crippen LogP contribution in [0.4, 0.5) is 5.69 Å². The van der Waals surface area contributed by atoms with Gasteiger partial charge in [0.15, 0.2) is 0 Å². The molecule has 0 spiro atoms. The summed E-state index contributed by atoms with van der Waals surface area (Å²) < 4.78 is 31.1. The van der Waals surface area contributed by atoms with Crippen LogP contribution in [-0.4, -0.2) is 46.4 Å². The normalized spacial score (nSPS) is 17.9. The molecule has 6 nitrogen and oxygen atoms in total. The molecular formula is C17H26N2O4S. The Kier molecular flexibility index (Phi) is 6.23. The molecule has 0 saturated carbocycles. The minimum atomic E-state index is -3.44. The van der Waals surface area contributed by atoms with Crippen LogP contribution in [0.5, 0.6) is 0 Å². The third-order valence-corrected chi connectivity index (χ3v) is 5.24. The molecule has 1 saturated heterocycles. The van der Waals surface area contributed by atoms with Gasteiger partial charge in [0.25, 0.3) is 0 Å². The highest BCUT2D eigenvalue weighted by Crippen LogP contribution is 2.28. The van der Waals surface area contributed by atoms with Gasteiger partial charge < -0.3 is 10.1 Å². The Balaban J connectivity index is 2.09. The van der Waals surface area contributed by atoms with Crippen LogP contribution in [0.2, 0.25) is 0 Å². The molecule has 1 heterocycles. The predicted molar refractivity (Wildman–Crippen MR) is 94.7 cm³/mol. The number of rotatable bonds is 7. The molecule has 134 valence electrons. The Hall–Kier alpha value is -1.60. The molecule has 0 radical (unpaired) electrons. The standard InChI is InChI=1S/C17H26N2O4S/c1-13(2)14-7-4-5-8-15(14)19(24(3,21)22)11-10-18-17(20)16-9-6-12-23-16/h4-5,7-8,13,16H,6,9-12H2,1-3H3,(H,18,20). The monoisotopic (exact) mass is 354 g/mol. The van der Waals surface area contributed by atoms with Crippen molar-refractivity contribution in [3.05, 3.63) is 29.8 Å². The van der Waals surface area contributed by atoms with Crippen LogP contribution in [-0.2, 0) is 19.6 Å². The van der Waals surface area contributed by atoms with Crippen LogP contribution in [0.3, 0.4) is 0 Å². The van der Waals surface area contributed by atoms with Crippen molar-refractivity contribution in [1.82, 2.24) is 5.32 Å². The lowest BCUT2D eigenvalue weighted by molar-refractivity contribution is -0.129. The zero-order valence-electron chi connectivity index (χ0n) is 14.5. The summed E-state index contributed by atoms with van der Waals surface area (Å²) in [5.74, 6) is 0.0324. The molecule has 1 aromatic rings. The summed E-state index contributed by atoms with van der Waals surface area (Å²) >= 11 is 0. The molecule has 1 amide bonds. The second kappa shape index (κ2) is 7.98. The lowest BCUT2D eigenvalue weighted by Gasteiger charge is -2.26. The van der Waals surface area contributed by atoms with Gasteiger partial charge in [0.2, 0.25) is 15.9 Å². The van der Waals surface area contributed by atoms with E-state index in [1.807, 2.05) is 32.0 Å². The van der Waals surface area contributed by atoms with Crippen LogP contribution in [0.15, 0.2) is 24.3 Å². The van der Waals surface area contributed by atoms with Crippen LogP contribution < -0.4 is 9.62 Å². The van der Waals surface area contributed by atoms with E-state index in [4.69, 9.17) is 4.74 Å². The Morgan fingerprint density at radius 2 is 2.08 bits per heavy atom. The summed E-state index contributed by atoms with van der Waals surface area (Å²) in [6.07, 6.45) is 2.39. The van der Waals surface area contributed by atoms with E-state index < -0.39 is 16.1 Å². The molecule has 7 heteroatoms. The van der Waals surface area contributed by atoms with Crippen LogP contribution in [0.1, 0.15) is 38.2 Å². The molecule has 24 heavy (non-hydrogen) atoms. The fraction of sp³-hybridized carbons (Fsp3) is 0.588. The Morgan fingerprint density at radius 3 is 2.67 bits per heavy atom. The number of carbonyl (C=O) groups is 1. The number of nitrogens with zero attached hydrogens (tertiary/aromatic N) is 1. The molecule has 0 aromatic heterocycles. The van der Waals surface area contributed by atoms with Crippen LogP contribution in [0, 0.1) is 0 Å². The number of anilines is 1. The molecule has 1 N–H and O–H groups in total. The van der Waals surface area contributed by atoms with Gasteiger partial charge in [-0.3, -0.25) is 9.10 Å². The van der Waals surface area contributed by atoms with E-state index in [0.29, 0.717) is 12.3 Å². The highest BCUT2D eigenvalue weighted by Gasteiger charge is 2.25. The minimum Gasteiger partial charge on any atom is -0.368 e. The average Bonchev–Trinajstić information content (AvgIpc) is 3.04. The van der Waals surface area contributed by atoms with E-state index in [2.05, 4.69) is 5.32 Å². The van der Waals surface area contributed by atoms with Gasteiger partial charge in [-0.1, -0.05) is 32.0 Å². The number of sulfonamides is 1. The number of carbonyl (C=O) groups excluding carboxylic acids is 1. The first-order valence-electron chi connectivity index (χ1n) is 8.26. The highest BCUT2D eigenvalue weighted by atomic mass is 32.2. The maximum absolute atomic E-state index is 12.2. The van der Waals surface area contributed by atoms with Crippen LogP contribution in [0.25, 0.3) is 0 Å². The Bertz CT molecular complexity index is 667. The van der Waals surface area contributed by atoms with Crippen molar-refractivity contribution in [1.29, 1.82) is 0 Å². The van der Waals surface area contributed by atoms with Gasteiger partial charge in [-0.25, -0.2) is 8.42 Å². The Labute approximate surface area is 144 Å². The number of ether oxygens (including phenoxy) is 1. The van der Waals surface area contributed by atoms with E-state index in [9.17, 15) is 13.2 Å². The molecule has 2 rings (SSSR count). The number of hydrogen-bond acceptors (Lipinski definition) is 4. The van der Waals surface area contributed by atoms with E-state index in [-0.39, 0.29) is 24.9 Å². The van der Waals surface area contributed by atoms with E-state index in [1.165, 1.54) is 10.6 Å². The maximum Gasteiger partial charge on any atom is 0.249 e. The summed E-state index contributed by atoms with van der Waals surface area (Å²) in [5.41, 5.74) is 1.63. The molecule has 1 unspecified atom stereocenters. The van der Waals surface area contributed by atoms with E-state index in [1.54, 1.807) is 6.07 Å². The molecule has 0 bridgehead atoms. The van der Waals surface area contributed by atoms with Gasteiger partial charge >= 0.3 is 0 Å². The van der Waals surface area contributed by atoms with Gasteiger partial charge in [0.05, 0.1) is 18.5 Å². The SMILES string of the molecule is CC(C)c1ccccc1N(CCNC(=O)C1CCCO1)S(C)(=O)=O. The van der Waals surface area contributed by atoms with Gasteiger partial charge in [-0.05, 0) is 30.4 Å². The van der Waals surface area contributed by atoms with Gasteiger partial charge in [-0.2, -0.15) is 0 Å². The second-order valence-corrected chi connectivity index (χ2v) is 8.25. The topological polar surface area (TPSA) is 75.7 Å². The summed E-state index contributed by atoms with van der Waals surface area (Å²) in [5, 5.41) is 2.78.